The maximum absolute atomic E-state index is 12.4. The lowest BCUT2D eigenvalue weighted by atomic mass is 9.86. The number of benzene rings is 1. The van der Waals surface area contributed by atoms with Crippen LogP contribution in [0.5, 0.6) is 0 Å². The van der Waals surface area contributed by atoms with Gasteiger partial charge in [0, 0.05) is 18.3 Å². The third-order valence-corrected chi connectivity index (χ3v) is 4.08. The Hall–Kier alpha value is -2.43. The number of rotatable bonds is 6. The van der Waals surface area contributed by atoms with Crippen molar-refractivity contribution in [3.8, 4) is 0 Å². The molecule has 2 N–H and O–H groups in total. The first-order chi connectivity index (χ1) is 12.2. The van der Waals surface area contributed by atoms with E-state index in [9.17, 15) is 4.79 Å². The quantitative estimate of drug-likeness (QED) is 0.795. The molecule has 0 saturated heterocycles. The molecule has 0 spiro atoms. The van der Waals surface area contributed by atoms with Crippen LogP contribution in [-0.2, 0) is 5.41 Å². The van der Waals surface area contributed by atoms with E-state index in [-0.39, 0.29) is 11.3 Å². The van der Waals surface area contributed by atoms with E-state index < -0.39 is 0 Å². The molecule has 5 heteroatoms. The lowest BCUT2D eigenvalue weighted by Gasteiger charge is -2.23. The summed E-state index contributed by atoms with van der Waals surface area (Å²) in [7, 11) is 0. The van der Waals surface area contributed by atoms with E-state index in [1.807, 2.05) is 18.2 Å². The summed E-state index contributed by atoms with van der Waals surface area (Å²) in [4.78, 5) is 21.1. The third-order valence-electron chi connectivity index (χ3n) is 4.08. The van der Waals surface area contributed by atoms with Gasteiger partial charge >= 0.3 is 0 Å². The molecule has 0 aliphatic heterocycles. The number of carbonyl (C=O) groups excluding carboxylic acids is 1. The number of aryl methyl sites for hydroxylation is 1. The van der Waals surface area contributed by atoms with E-state index >= 15 is 0 Å². The molecule has 0 aliphatic carbocycles. The molecule has 1 amide bonds. The predicted octanol–water partition coefficient (Wildman–Crippen LogP) is 4.60. The number of hydrogen-bond acceptors (Lipinski definition) is 4. The van der Waals surface area contributed by atoms with Gasteiger partial charge in [0.05, 0.1) is 0 Å². The average Bonchev–Trinajstić information content (AvgIpc) is 2.53. The maximum Gasteiger partial charge on any atom is 0.270 e. The Morgan fingerprint density at radius 2 is 1.85 bits per heavy atom. The number of nitrogens with one attached hydrogen (secondary N) is 2. The standard InChI is InChI=1S/C21H30N4O/c1-14(2)11-12-22-20(26)18-13-19(24-15(3)23-18)25-17-10-8-7-9-16(17)21(4,5)6/h7-10,13-14H,11-12H2,1-6H3,(H,22,26)(H,23,24,25). The van der Waals surface area contributed by atoms with Gasteiger partial charge < -0.3 is 10.6 Å². The first-order valence-electron chi connectivity index (χ1n) is 9.17. The molecule has 1 aromatic carbocycles. The minimum absolute atomic E-state index is 0.00270. The Kier molecular flexibility index (Phi) is 6.35. The Morgan fingerprint density at radius 3 is 2.50 bits per heavy atom. The van der Waals surface area contributed by atoms with Crippen LogP contribution in [0, 0.1) is 12.8 Å². The number of amides is 1. The number of para-hydroxylation sites is 1. The van der Waals surface area contributed by atoms with E-state index in [1.54, 1.807) is 13.0 Å². The lowest BCUT2D eigenvalue weighted by Crippen LogP contribution is -2.26. The molecule has 1 heterocycles. The Morgan fingerprint density at radius 1 is 1.15 bits per heavy atom. The summed E-state index contributed by atoms with van der Waals surface area (Å²) in [6.45, 7) is 13.2. The van der Waals surface area contributed by atoms with Gasteiger partial charge in [-0.3, -0.25) is 4.79 Å². The monoisotopic (exact) mass is 354 g/mol. The molecule has 0 radical (unpaired) electrons. The van der Waals surface area contributed by atoms with Crippen molar-refractivity contribution in [3.05, 3.63) is 47.4 Å². The van der Waals surface area contributed by atoms with E-state index in [1.165, 1.54) is 5.56 Å². The van der Waals surface area contributed by atoms with Crippen LogP contribution in [0.3, 0.4) is 0 Å². The zero-order chi connectivity index (χ0) is 19.3. The minimum Gasteiger partial charge on any atom is -0.351 e. The van der Waals surface area contributed by atoms with Gasteiger partial charge in [0.1, 0.15) is 17.3 Å². The molecule has 0 fully saturated rings. The highest BCUT2D eigenvalue weighted by Crippen LogP contribution is 2.30. The summed E-state index contributed by atoms with van der Waals surface area (Å²) in [5, 5.41) is 6.29. The largest absolute Gasteiger partial charge is 0.351 e. The van der Waals surface area contributed by atoms with Gasteiger partial charge in [-0.15, -0.1) is 0 Å². The van der Waals surface area contributed by atoms with Crippen molar-refractivity contribution in [2.75, 3.05) is 11.9 Å². The molecule has 0 aliphatic rings. The summed E-state index contributed by atoms with van der Waals surface area (Å²) in [6, 6.07) is 9.86. The molecule has 0 bridgehead atoms. The number of carbonyl (C=O) groups is 1. The molecule has 0 unspecified atom stereocenters. The zero-order valence-electron chi connectivity index (χ0n) is 16.7. The number of nitrogens with zero attached hydrogens (tertiary/aromatic N) is 2. The molecule has 0 atom stereocenters. The normalized spacial score (nSPS) is 11.5. The van der Waals surface area contributed by atoms with E-state index in [0.29, 0.717) is 29.8 Å². The Balaban J connectivity index is 2.22. The first kappa shape index (κ1) is 19.9. The number of hydrogen-bond donors (Lipinski definition) is 2. The van der Waals surface area contributed by atoms with Crippen LogP contribution in [0.2, 0.25) is 0 Å². The van der Waals surface area contributed by atoms with Gasteiger partial charge in [-0.1, -0.05) is 52.8 Å². The van der Waals surface area contributed by atoms with Crippen LogP contribution in [0.15, 0.2) is 30.3 Å². The van der Waals surface area contributed by atoms with Gasteiger partial charge in [0.15, 0.2) is 0 Å². The lowest BCUT2D eigenvalue weighted by molar-refractivity contribution is 0.0946. The van der Waals surface area contributed by atoms with Crippen LogP contribution >= 0.6 is 0 Å². The predicted molar refractivity (Wildman–Crippen MR) is 107 cm³/mol. The molecule has 2 aromatic rings. The summed E-state index contributed by atoms with van der Waals surface area (Å²) >= 11 is 0. The first-order valence-corrected chi connectivity index (χ1v) is 9.17. The summed E-state index contributed by atoms with van der Waals surface area (Å²) in [5.74, 6) is 1.58. The van der Waals surface area contributed by atoms with Crippen LogP contribution in [0.1, 0.15) is 62.9 Å². The van der Waals surface area contributed by atoms with Gasteiger partial charge in [-0.2, -0.15) is 0 Å². The second kappa shape index (κ2) is 8.30. The average molecular weight is 354 g/mol. The summed E-state index contributed by atoms with van der Waals surface area (Å²) in [6.07, 6.45) is 0.944. The van der Waals surface area contributed by atoms with Crippen LogP contribution < -0.4 is 10.6 Å². The van der Waals surface area contributed by atoms with Crippen LogP contribution in [-0.4, -0.2) is 22.4 Å². The SMILES string of the molecule is Cc1nc(Nc2ccccc2C(C)(C)C)cc(C(=O)NCCC(C)C)n1. The second-order valence-corrected chi connectivity index (χ2v) is 8.04. The molecule has 140 valence electrons. The molecular formula is C21H30N4O. The molecule has 26 heavy (non-hydrogen) atoms. The summed E-state index contributed by atoms with van der Waals surface area (Å²) < 4.78 is 0. The fourth-order valence-corrected chi connectivity index (χ4v) is 2.70. The highest BCUT2D eigenvalue weighted by molar-refractivity contribution is 5.93. The smallest absolute Gasteiger partial charge is 0.270 e. The van der Waals surface area contributed by atoms with E-state index in [4.69, 9.17) is 0 Å². The molecule has 0 saturated carbocycles. The highest BCUT2D eigenvalue weighted by atomic mass is 16.1. The molecular weight excluding hydrogens is 324 g/mol. The van der Waals surface area contributed by atoms with Crippen LogP contribution in [0.4, 0.5) is 11.5 Å². The van der Waals surface area contributed by atoms with Crippen molar-refractivity contribution in [1.82, 2.24) is 15.3 Å². The van der Waals surface area contributed by atoms with E-state index in [2.05, 4.69) is 61.3 Å². The number of aromatic nitrogens is 2. The molecule has 1 aromatic heterocycles. The van der Waals surface area contributed by atoms with Crippen molar-refractivity contribution in [2.45, 2.75) is 53.4 Å². The van der Waals surface area contributed by atoms with Crippen molar-refractivity contribution < 1.29 is 4.79 Å². The van der Waals surface area contributed by atoms with Gasteiger partial charge in [-0.25, -0.2) is 9.97 Å². The van der Waals surface area contributed by atoms with Gasteiger partial charge in [0.2, 0.25) is 0 Å². The second-order valence-electron chi connectivity index (χ2n) is 8.04. The van der Waals surface area contributed by atoms with Crippen molar-refractivity contribution in [3.63, 3.8) is 0 Å². The molecule has 2 rings (SSSR count). The van der Waals surface area contributed by atoms with E-state index in [0.717, 1.165) is 12.1 Å². The van der Waals surface area contributed by atoms with Crippen molar-refractivity contribution in [2.24, 2.45) is 5.92 Å². The Labute approximate surface area is 156 Å². The highest BCUT2D eigenvalue weighted by Gasteiger charge is 2.18. The fourth-order valence-electron chi connectivity index (χ4n) is 2.70. The maximum atomic E-state index is 12.4. The Bertz CT molecular complexity index is 763. The van der Waals surface area contributed by atoms with Gasteiger partial charge in [-0.05, 0) is 36.3 Å². The number of anilines is 2. The minimum atomic E-state index is -0.164. The third kappa shape index (κ3) is 5.55. The zero-order valence-corrected chi connectivity index (χ0v) is 16.7. The van der Waals surface area contributed by atoms with Crippen molar-refractivity contribution >= 4 is 17.4 Å². The topological polar surface area (TPSA) is 66.9 Å². The van der Waals surface area contributed by atoms with Gasteiger partial charge in [0.25, 0.3) is 5.91 Å². The summed E-state index contributed by atoms with van der Waals surface area (Å²) in [5.41, 5.74) is 2.57. The van der Waals surface area contributed by atoms with Crippen LogP contribution in [0.25, 0.3) is 0 Å². The van der Waals surface area contributed by atoms with Crippen molar-refractivity contribution in [1.29, 1.82) is 0 Å². The fraction of sp³-hybridized carbons (Fsp3) is 0.476. The molecule has 5 nitrogen and oxygen atoms in total.